The van der Waals surface area contributed by atoms with E-state index in [0.717, 1.165) is 24.3 Å². The number of sulfone groups is 1. The first-order valence-corrected chi connectivity index (χ1v) is 8.41. The molecule has 0 heterocycles. The predicted molar refractivity (Wildman–Crippen MR) is 83.8 cm³/mol. The maximum atomic E-state index is 13.3. The van der Waals surface area contributed by atoms with E-state index in [4.69, 9.17) is 5.26 Å². The van der Waals surface area contributed by atoms with Gasteiger partial charge < -0.3 is 10.2 Å². The number of hydrogen-bond donors (Lipinski definition) is 2. The zero-order chi connectivity index (χ0) is 16.7. The molecule has 0 saturated carbocycles. The summed E-state index contributed by atoms with van der Waals surface area (Å²) in [6.07, 6.45) is 0. The highest BCUT2D eigenvalue weighted by Gasteiger charge is 2.26. The number of benzene rings is 2. The molecule has 2 rings (SSSR count). The minimum Gasteiger partial charge on any atom is -0.504 e. The summed E-state index contributed by atoms with van der Waals surface area (Å²) in [5, 5.41) is 28.2. The molecule has 0 atom stereocenters. The number of aromatic hydroxyl groups is 2. The summed E-state index contributed by atoms with van der Waals surface area (Å²) in [5.41, 5.74) is -0.237. The van der Waals surface area contributed by atoms with Crippen LogP contribution in [-0.2, 0) is 9.84 Å². The van der Waals surface area contributed by atoms with E-state index in [1.54, 1.807) is 28.7 Å². The third-order valence-electron chi connectivity index (χ3n) is 2.96. The fourth-order valence-electron chi connectivity index (χ4n) is 2.00. The first kappa shape index (κ1) is 16.5. The fourth-order valence-corrected chi connectivity index (χ4v) is 4.48. The van der Waals surface area contributed by atoms with Gasteiger partial charge in [0.2, 0.25) is 9.84 Å². The molecule has 0 radical (unpaired) electrons. The Hall–Kier alpha value is -1.86. The largest absolute Gasteiger partial charge is 0.504 e. The number of nitrogens with zero attached hydrogens (tertiary/aromatic N) is 1. The summed E-state index contributed by atoms with van der Waals surface area (Å²) in [6.45, 7) is 1.38. The van der Waals surface area contributed by atoms with Crippen molar-refractivity contribution in [3.05, 3.63) is 44.8 Å². The lowest BCUT2D eigenvalue weighted by molar-refractivity contribution is 0.399. The zero-order valence-corrected chi connectivity index (χ0v) is 14.1. The first-order valence-electron chi connectivity index (χ1n) is 5.85. The Kier molecular flexibility index (Phi) is 4.30. The van der Waals surface area contributed by atoms with E-state index < -0.39 is 27.2 Å². The maximum Gasteiger partial charge on any atom is 0.208 e. The van der Waals surface area contributed by atoms with Crippen molar-refractivity contribution < 1.29 is 23.0 Å². The van der Waals surface area contributed by atoms with E-state index >= 15 is 0 Å². The van der Waals surface area contributed by atoms with E-state index in [0.29, 0.717) is 0 Å². The van der Waals surface area contributed by atoms with Gasteiger partial charge in [-0.3, -0.25) is 0 Å². The van der Waals surface area contributed by atoms with Crippen molar-refractivity contribution in [1.29, 1.82) is 5.26 Å². The van der Waals surface area contributed by atoms with Gasteiger partial charge >= 0.3 is 0 Å². The second-order valence-electron chi connectivity index (χ2n) is 4.49. The molecule has 0 aromatic heterocycles. The molecular weight excluding hydrogens is 424 g/mol. The van der Waals surface area contributed by atoms with Gasteiger partial charge in [-0.2, -0.15) is 5.26 Å². The van der Waals surface area contributed by atoms with Gasteiger partial charge in [0.25, 0.3) is 0 Å². The number of aryl methyl sites for hydroxylation is 1. The standard InChI is InChI=1S/C14H9FINO4S/c1-7-2-9(15)3-8(6-17)14(7)22(20,21)10-4-11(16)13(19)12(18)5-10/h2-5,18-19H,1H3. The summed E-state index contributed by atoms with van der Waals surface area (Å²) < 4.78 is 38.9. The van der Waals surface area contributed by atoms with Crippen LogP contribution in [0.4, 0.5) is 4.39 Å². The molecule has 5 nitrogen and oxygen atoms in total. The predicted octanol–water partition coefficient (Wildman–Crippen LogP) is 2.85. The third kappa shape index (κ3) is 2.74. The first-order chi connectivity index (χ1) is 10.2. The Morgan fingerprint density at radius 3 is 2.41 bits per heavy atom. The molecule has 0 fully saturated rings. The van der Waals surface area contributed by atoms with Crippen molar-refractivity contribution in [3.8, 4) is 17.6 Å². The Labute approximate surface area is 139 Å². The highest BCUT2D eigenvalue weighted by atomic mass is 127. The molecular formula is C14H9FINO4S. The Morgan fingerprint density at radius 2 is 1.86 bits per heavy atom. The number of nitriles is 1. The number of halogens is 2. The highest BCUT2D eigenvalue weighted by molar-refractivity contribution is 14.1. The van der Waals surface area contributed by atoms with Gasteiger partial charge in [0.05, 0.1) is 18.9 Å². The molecule has 0 aliphatic heterocycles. The molecule has 114 valence electrons. The number of phenols is 2. The van der Waals surface area contributed by atoms with Crippen LogP contribution in [0, 0.1) is 27.6 Å². The molecule has 22 heavy (non-hydrogen) atoms. The third-order valence-corrected chi connectivity index (χ3v) is 5.71. The SMILES string of the molecule is Cc1cc(F)cc(C#N)c1S(=O)(=O)c1cc(O)c(O)c(I)c1. The lowest BCUT2D eigenvalue weighted by atomic mass is 10.1. The highest BCUT2D eigenvalue weighted by Crippen LogP contribution is 2.36. The van der Waals surface area contributed by atoms with Crippen molar-refractivity contribution in [2.45, 2.75) is 16.7 Å². The van der Waals surface area contributed by atoms with E-state index in [2.05, 4.69) is 0 Å². The van der Waals surface area contributed by atoms with Crippen LogP contribution >= 0.6 is 22.6 Å². The normalized spacial score (nSPS) is 11.2. The second-order valence-corrected chi connectivity index (χ2v) is 7.54. The minimum absolute atomic E-state index is 0.0825. The van der Waals surface area contributed by atoms with Gasteiger partial charge in [0.1, 0.15) is 11.9 Å². The van der Waals surface area contributed by atoms with Gasteiger partial charge in [-0.25, -0.2) is 12.8 Å². The summed E-state index contributed by atoms with van der Waals surface area (Å²) in [7, 11) is -4.16. The Morgan fingerprint density at radius 1 is 1.23 bits per heavy atom. The Balaban J connectivity index is 2.80. The lowest BCUT2D eigenvalue weighted by Gasteiger charge is -2.11. The van der Waals surface area contributed by atoms with Crippen LogP contribution in [-0.4, -0.2) is 18.6 Å². The molecule has 0 aliphatic carbocycles. The summed E-state index contributed by atoms with van der Waals surface area (Å²) in [5.74, 6) is -1.74. The second kappa shape index (κ2) is 5.73. The van der Waals surface area contributed by atoms with Crippen molar-refractivity contribution in [1.82, 2.24) is 0 Å². The van der Waals surface area contributed by atoms with Crippen LogP contribution in [0.2, 0.25) is 0 Å². The van der Waals surface area contributed by atoms with E-state index in [9.17, 15) is 23.0 Å². The quantitative estimate of drug-likeness (QED) is 0.431. The van der Waals surface area contributed by atoms with Crippen LogP contribution < -0.4 is 0 Å². The van der Waals surface area contributed by atoms with Gasteiger partial charge in [0.15, 0.2) is 11.5 Å². The van der Waals surface area contributed by atoms with Crippen LogP contribution in [0.5, 0.6) is 11.5 Å². The van der Waals surface area contributed by atoms with Crippen molar-refractivity contribution >= 4 is 32.4 Å². The number of hydrogen-bond acceptors (Lipinski definition) is 5. The van der Waals surface area contributed by atoms with Crippen LogP contribution in [0.15, 0.2) is 34.1 Å². The molecule has 0 amide bonds. The maximum absolute atomic E-state index is 13.3. The monoisotopic (exact) mass is 433 g/mol. The summed E-state index contributed by atoms with van der Waals surface area (Å²) in [4.78, 5) is -0.615. The van der Waals surface area contributed by atoms with Crippen LogP contribution in [0.25, 0.3) is 0 Å². The Bertz CT molecular complexity index is 896. The summed E-state index contributed by atoms with van der Waals surface area (Å²) >= 11 is 1.67. The average molecular weight is 433 g/mol. The van der Waals surface area contributed by atoms with E-state index in [1.165, 1.54) is 6.92 Å². The topological polar surface area (TPSA) is 98.4 Å². The minimum atomic E-state index is -4.16. The van der Waals surface area contributed by atoms with E-state index in [1.807, 2.05) is 0 Å². The van der Waals surface area contributed by atoms with Crippen molar-refractivity contribution in [3.63, 3.8) is 0 Å². The van der Waals surface area contributed by atoms with Gasteiger partial charge in [-0.15, -0.1) is 0 Å². The van der Waals surface area contributed by atoms with Crippen LogP contribution in [0.1, 0.15) is 11.1 Å². The van der Waals surface area contributed by atoms with Gasteiger partial charge in [-0.05, 0) is 53.3 Å². The van der Waals surface area contributed by atoms with E-state index in [-0.39, 0.29) is 24.5 Å². The molecule has 0 aliphatic rings. The summed E-state index contributed by atoms with van der Waals surface area (Å²) in [6, 6.07) is 5.56. The molecule has 2 N–H and O–H groups in total. The zero-order valence-electron chi connectivity index (χ0n) is 11.1. The number of phenolic OH excluding ortho intramolecular Hbond substituents is 2. The fraction of sp³-hybridized carbons (Fsp3) is 0.0714. The molecule has 8 heteroatoms. The molecule has 0 bridgehead atoms. The van der Waals surface area contributed by atoms with Crippen molar-refractivity contribution in [2.24, 2.45) is 0 Å². The lowest BCUT2D eigenvalue weighted by Crippen LogP contribution is -2.08. The van der Waals surface area contributed by atoms with Gasteiger partial charge in [-0.1, -0.05) is 0 Å². The van der Waals surface area contributed by atoms with Crippen LogP contribution in [0.3, 0.4) is 0 Å². The molecule has 2 aromatic carbocycles. The average Bonchev–Trinajstić information content (AvgIpc) is 2.42. The molecule has 2 aromatic rings. The van der Waals surface area contributed by atoms with Crippen molar-refractivity contribution in [2.75, 3.05) is 0 Å². The smallest absolute Gasteiger partial charge is 0.208 e. The molecule has 0 unspecified atom stereocenters. The van der Waals surface area contributed by atoms with Gasteiger partial charge in [0, 0.05) is 6.07 Å². The molecule has 0 spiro atoms. The molecule has 0 saturated heterocycles. The number of rotatable bonds is 2.